The lowest BCUT2D eigenvalue weighted by Crippen LogP contribution is -2.41. The van der Waals surface area contributed by atoms with E-state index in [4.69, 9.17) is 18.0 Å². The summed E-state index contributed by atoms with van der Waals surface area (Å²) >= 11 is 5.12. The maximum Gasteiger partial charge on any atom is 0.434 e. The van der Waals surface area contributed by atoms with Crippen molar-refractivity contribution in [3.63, 3.8) is 0 Å². The van der Waals surface area contributed by atoms with Gasteiger partial charge in [-0.2, -0.15) is 13.2 Å². The molecule has 1 unspecified atom stereocenters. The highest BCUT2D eigenvalue weighted by atomic mass is 32.1. The molecule has 0 bridgehead atoms. The predicted molar refractivity (Wildman–Crippen MR) is 111 cm³/mol. The number of piperidine rings is 1. The van der Waals surface area contributed by atoms with E-state index in [1.807, 2.05) is 4.90 Å². The van der Waals surface area contributed by atoms with Crippen molar-refractivity contribution in [3.05, 3.63) is 36.2 Å². The van der Waals surface area contributed by atoms with Gasteiger partial charge in [0.2, 0.25) is 0 Å². The summed E-state index contributed by atoms with van der Waals surface area (Å²) in [5.74, 6) is 0.981. The first kappa shape index (κ1) is 20.9. The van der Waals surface area contributed by atoms with Crippen molar-refractivity contribution in [2.75, 3.05) is 24.5 Å². The third-order valence-electron chi connectivity index (χ3n) is 4.62. The minimum absolute atomic E-state index is 0.0950. The van der Waals surface area contributed by atoms with Crippen LogP contribution in [0, 0.1) is 5.92 Å². The Morgan fingerprint density at radius 2 is 2.21 bits per heavy atom. The fraction of sp³-hybridized carbons (Fsp3) is 0.389. The number of nitrogens with two attached hydrogens (primary N) is 1. The van der Waals surface area contributed by atoms with Crippen molar-refractivity contribution in [2.45, 2.75) is 19.0 Å². The highest BCUT2D eigenvalue weighted by molar-refractivity contribution is 7.80. The van der Waals surface area contributed by atoms with Crippen LogP contribution in [0.1, 0.15) is 18.7 Å². The molecule has 3 rings (SSSR count). The number of hydrogen-bond acceptors (Lipinski definition) is 7. The van der Waals surface area contributed by atoms with Gasteiger partial charge in [0.1, 0.15) is 11.5 Å². The molecule has 0 radical (unpaired) electrons. The van der Waals surface area contributed by atoms with E-state index in [9.17, 15) is 13.2 Å². The van der Waals surface area contributed by atoms with Crippen molar-refractivity contribution < 1.29 is 13.2 Å². The second-order valence-corrected chi connectivity index (χ2v) is 7.07. The number of halogens is 3. The van der Waals surface area contributed by atoms with Crippen LogP contribution in [0.5, 0.6) is 0 Å². The molecule has 7 nitrogen and oxygen atoms in total. The van der Waals surface area contributed by atoms with Crippen LogP contribution in [0.3, 0.4) is 0 Å². The number of anilines is 1. The smallest absolute Gasteiger partial charge is 0.393 e. The van der Waals surface area contributed by atoms with E-state index >= 15 is 0 Å². The van der Waals surface area contributed by atoms with Crippen LogP contribution in [0.2, 0.25) is 0 Å². The van der Waals surface area contributed by atoms with E-state index in [0.717, 1.165) is 25.6 Å². The summed E-state index contributed by atoms with van der Waals surface area (Å²) in [4.78, 5) is 19.8. The Bertz CT molecular complexity index is 878. The standard InChI is InChI=1S/C18H20F3N7S/c1-23-9-13(27-8-6-24-14(11-27)18(19,20)21)17-25-5-4-15(26-17)28-7-2-3-12(10-28)16(22)29/h4-6,9,11-12H,1-3,7-8,10H2,(H2,22,29)/b13-9-. The molecule has 1 saturated heterocycles. The predicted octanol–water partition coefficient (Wildman–Crippen LogP) is 2.77. The fourth-order valence-corrected chi connectivity index (χ4v) is 3.38. The van der Waals surface area contributed by atoms with Crippen LogP contribution >= 0.6 is 12.2 Å². The van der Waals surface area contributed by atoms with Crippen molar-refractivity contribution in [1.82, 2.24) is 14.9 Å². The van der Waals surface area contributed by atoms with Crippen LogP contribution in [-0.2, 0) is 0 Å². The van der Waals surface area contributed by atoms with Crippen molar-refractivity contribution in [2.24, 2.45) is 21.6 Å². The van der Waals surface area contributed by atoms with Gasteiger partial charge in [-0.05, 0) is 25.6 Å². The highest BCUT2D eigenvalue weighted by Gasteiger charge is 2.36. The third-order valence-corrected chi connectivity index (χ3v) is 4.95. The number of aliphatic imine (C=N–C) groups is 2. The Kier molecular flexibility index (Phi) is 6.26. The highest BCUT2D eigenvalue weighted by Crippen LogP contribution is 2.30. The number of nitrogens with zero attached hydrogens (tertiary/aromatic N) is 6. The van der Waals surface area contributed by atoms with Gasteiger partial charge in [-0.15, -0.1) is 0 Å². The normalized spacial score (nSPS) is 20.4. The topological polar surface area (TPSA) is 83.0 Å². The summed E-state index contributed by atoms with van der Waals surface area (Å²) in [6.07, 6.45) is 2.26. The molecule has 1 fully saturated rings. The second kappa shape index (κ2) is 8.68. The first-order valence-electron chi connectivity index (χ1n) is 8.91. The Balaban J connectivity index is 1.90. The van der Waals surface area contributed by atoms with Crippen LogP contribution < -0.4 is 10.6 Å². The summed E-state index contributed by atoms with van der Waals surface area (Å²) in [7, 11) is 0. The van der Waals surface area contributed by atoms with Crippen molar-refractivity contribution in [1.29, 1.82) is 0 Å². The first-order valence-corrected chi connectivity index (χ1v) is 9.32. The van der Waals surface area contributed by atoms with E-state index < -0.39 is 11.9 Å². The van der Waals surface area contributed by atoms with Crippen LogP contribution in [0.25, 0.3) is 5.70 Å². The van der Waals surface area contributed by atoms with Crippen LogP contribution in [-0.4, -0.2) is 58.6 Å². The van der Waals surface area contributed by atoms with Gasteiger partial charge < -0.3 is 15.5 Å². The van der Waals surface area contributed by atoms with E-state index in [1.54, 1.807) is 12.3 Å². The van der Waals surface area contributed by atoms with Gasteiger partial charge in [-0.1, -0.05) is 12.2 Å². The van der Waals surface area contributed by atoms with E-state index in [2.05, 4.69) is 26.7 Å². The minimum Gasteiger partial charge on any atom is -0.393 e. The lowest BCUT2D eigenvalue weighted by atomic mass is 9.98. The number of hydrogen-bond donors (Lipinski definition) is 1. The summed E-state index contributed by atoms with van der Waals surface area (Å²) < 4.78 is 39.2. The second-order valence-electron chi connectivity index (χ2n) is 6.60. The van der Waals surface area contributed by atoms with E-state index in [1.165, 1.54) is 17.3 Å². The molecule has 29 heavy (non-hydrogen) atoms. The first-order chi connectivity index (χ1) is 13.8. The zero-order valence-electron chi connectivity index (χ0n) is 15.5. The Morgan fingerprint density at radius 1 is 1.41 bits per heavy atom. The molecule has 11 heteroatoms. The van der Waals surface area contributed by atoms with Gasteiger partial charge in [-0.3, -0.25) is 9.98 Å². The van der Waals surface area contributed by atoms with Gasteiger partial charge in [0.05, 0.1) is 17.7 Å². The zero-order chi connectivity index (χ0) is 21.0. The average molecular weight is 423 g/mol. The molecule has 0 aliphatic carbocycles. The number of thiocarbonyl (C=S) groups is 1. The summed E-state index contributed by atoms with van der Waals surface area (Å²) in [5.41, 5.74) is 5.08. The minimum atomic E-state index is -4.56. The van der Waals surface area contributed by atoms with Crippen molar-refractivity contribution in [3.8, 4) is 0 Å². The molecule has 1 aromatic rings. The van der Waals surface area contributed by atoms with E-state index in [0.29, 0.717) is 17.4 Å². The van der Waals surface area contributed by atoms with Gasteiger partial charge in [0.25, 0.3) is 0 Å². The number of rotatable bonds is 5. The molecule has 3 heterocycles. The Labute approximate surface area is 171 Å². The SMILES string of the molecule is C=N/C=C(/c1nccc(N2CCCC(C(N)=S)C2)n1)N1C=C(C(F)(F)F)N=CC1. The number of alkyl halides is 3. The molecule has 2 N–H and O–H groups in total. The average Bonchev–Trinajstić information content (AvgIpc) is 2.71. The lowest BCUT2D eigenvalue weighted by Gasteiger charge is -2.33. The molecule has 0 saturated carbocycles. The Morgan fingerprint density at radius 3 is 2.90 bits per heavy atom. The van der Waals surface area contributed by atoms with Gasteiger partial charge in [0, 0.05) is 37.6 Å². The molecule has 0 amide bonds. The largest absolute Gasteiger partial charge is 0.434 e. The molecule has 1 aromatic heterocycles. The van der Waals surface area contributed by atoms with Crippen LogP contribution in [0.15, 0.2) is 40.3 Å². The van der Waals surface area contributed by atoms with Gasteiger partial charge in [0.15, 0.2) is 11.5 Å². The fourth-order valence-electron chi connectivity index (χ4n) is 3.19. The lowest BCUT2D eigenvalue weighted by molar-refractivity contribution is -0.0934. The quantitative estimate of drug-likeness (QED) is 0.579. The monoisotopic (exact) mass is 423 g/mol. The number of aromatic nitrogens is 2. The molecule has 0 spiro atoms. The summed E-state index contributed by atoms with van der Waals surface area (Å²) in [6.45, 7) is 4.95. The van der Waals surface area contributed by atoms with E-state index in [-0.39, 0.29) is 24.0 Å². The van der Waals surface area contributed by atoms with Gasteiger partial charge in [-0.25, -0.2) is 9.97 Å². The van der Waals surface area contributed by atoms with Crippen LogP contribution in [0.4, 0.5) is 19.0 Å². The maximum absolute atomic E-state index is 13.1. The summed E-state index contributed by atoms with van der Waals surface area (Å²) in [5, 5.41) is 0. The molecular weight excluding hydrogens is 403 g/mol. The van der Waals surface area contributed by atoms with Gasteiger partial charge >= 0.3 is 6.18 Å². The number of allylic oxidation sites excluding steroid dienone is 1. The molecule has 2 aliphatic rings. The molecule has 154 valence electrons. The van der Waals surface area contributed by atoms with Crippen molar-refractivity contribution >= 4 is 41.7 Å². The molecule has 1 atom stereocenters. The molecular formula is C18H20F3N7S. The maximum atomic E-state index is 13.1. The molecule has 0 aromatic carbocycles. The molecule has 2 aliphatic heterocycles. The summed E-state index contributed by atoms with van der Waals surface area (Å²) in [6, 6.07) is 1.75. The Hall–Kier alpha value is -2.82. The zero-order valence-corrected chi connectivity index (χ0v) is 16.3. The third kappa shape index (κ3) is 4.97.